The molecule has 1 aliphatic rings. The fourth-order valence-corrected chi connectivity index (χ4v) is 2.30. The lowest BCUT2D eigenvalue weighted by Crippen LogP contribution is -2.29. The third-order valence-corrected chi connectivity index (χ3v) is 3.17. The molecule has 80 valence electrons. The van der Waals surface area contributed by atoms with Gasteiger partial charge in [0, 0.05) is 17.0 Å². The normalized spacial score (nSPS) is 25.5. The van der Waals surface area contributed by atoms with Gasteiger partial charge in [0.15, 0.2) is 0 Å². The molecule has 0 unspecified atom stereocenters. The van der Waals surface area contributed by atoms with Crippen LogP contribution in [0.15, 0.2) is 30.4 Å². The van der Waals surface area contributed by atoms with Crippen molar-refractivity contribution in [2.45, 2.75) is 24.8 Å². The summed E-state index contributed by atoms with van der Waals surface area (Å²) in [5.74, 6) is -0.0910. The Labute approximate surface area is 93.7 Å². The Balaban J connectivity index is 2.32. The Morgan fingerprint density at radius 1 is 1.27 bits per heavy atom. The van der Waals surface area contributed by atoms with E-state index in [1.165, 1.54) is 12.1 Å². The Morgan fingerprint density at radius 3 is 2.67 bits per heavy atom. The number of halogens is 2. The zero-order chi connectivity index (χ0) is 10.8. The monoisotopic (exact) mass is 225 g/mol. The highest BCUT2D eigenvalue weighted by molar-refractivity contribution is 6.31. The molecule has 0 amide bonds. The maximum atomic E-state index is 12.9. The van der Waals surface area contributed by atoms with Crippen molar-refractivity contribution >= 4 is 11.6 Å². The molecule has 1 aromatic rings. The van der Waals surface area contributed by atoms with E-state index in [0.29, 0.717) is 5.02 Å². The lowest BCUT2D eigenvalue weighted by Gasteiger charge is -2.26. The summed E-state index contributed by atoms with van der Waals surface area (Å²) in [6, 6.07) is 4.60. The molecule has 0 aliphatic heterocycles. The molecule has 0 aromatic heterocycles. The molecule has 0 bridgehead atoms. The summed E-state index contributed by atoms with van der Waals surface area (Å²) in [7, 11) is 0. The van der Waals surface area contributed by atoms with Crippen molar-refractivity contribution in [1.29, 1.82) is 0 Å². The van der Waals surface area contributed by atoms with Crippen LogP contribution < -0.4 is 5.73 Å². The molecule has 2 atom stereocenters. The van der Waals surface area contributed by atoms with Crippen LogP contribution in [0.25, 0.3) is 0 Å². The van der Waals surface area contributed by atoms with Crippen LogP contribution in [0.1, 0.15) is 24.3 Å². The van der Waals surface area contributed by atoms with E-state index in [-0.39, 0.29) is 17.8 Å². The molecule has 0 spiro atoms. The molecule has 0 saturated carbocycles. The summed E-state index contributed by atoms with van der Waals surface area (Å²) in [5, 5.41) is 0.478. The number of allylic oxidation sites excluding steroid dienone is 1. The van der Waals surface area contributed by atoms with E-state index < -0.39 is 0 Å². The highest BCUT2D eigenvalue weighted by Gasteiger charge is 2.22. The van der Waals surface area contributed by atoms with Gasteiger partial charge in [0.1, 0.15) is 5.82 Å². The number of hydrogen-bond acceptors (Lipinski definition) is 1. The van der Waals surface area contributed by atoms with Crippen molar-refractivity contribution in [3.8, 4) is 0 Å². The highest BCUT2D eigenvalue weighted by Crippen LogP contribution is 2.33. The Bertz CT molecular complexity index is 389. The van der Waals surface area contributed by atoms with E-state index in [2.05, 4.69) is 12.2 Å². The molecule has 1 aromatic carbocycles. The van der Waals surface area contributed by atoms with Crippen LogP contribution in [0.3, 0.4) is 0 Å². The molecule has 0 heterocycles. The first kappa shape index (κ1) is 10.7. The summed E-state index contributed by atoms with van der Waals surface area (Å²) in [6.45, 7) is 0. The van der Waals surface area contributed by atoms with Crippen LogP contribution in [0, 0.1) is 5.82 Å². The zero-order valence-corrected chi connectivity index (χ0v) is 9.04. The van der Waals surface area contributed by atoms with Gasteiger partial charge in [-0.25, -0.2) is 4.39 Å². The lowest BCUT2D eigenvalue weighted by molar-refractivity contribution is 0.520. The zero-order valence-electron chi connectivity index (χ0n) is 8.29. The fraction of sp³-hybridized carbons (Fsp3) is 0.333. The van der Waals surface area contributed by atoms with Crippen LogP contribution in [0.5, 0.6) is 0 Å². The van der Waals surface area contributed by atoms with Gasteiger partial charge in [-0.2, -0.15) is 0 Å². The minimum atomic E-state index is -0.302. The molecule has 1 aliphatic carbocycles. The number of rotatable bonds is 1. The van der Waals surface area contributed by atoms with Crippen molar-refractivity contribution in [2.75, 3.05) is 0 Å². The van der Waals surface area contributed by atoms with Gasteiger partial charge in [-0.3, -0.25) is 0 Å². The standard InChI is InChI=1S/C12H13ClFN/c13-11-7-8(14)5-6-9(11)10-3-1-2-4-12(10)15/h1-2,5-7,10,12H,3-4,15H2/t10-,12+/m1/s1. The van der Waals surface area contributed by atoms with E-state index in [4.69, 9.17) is 17.3 Å². The molecule has 2 N–H and O–H groups in total. The van der Waals surface area contributed by atoms with Crippen molar-refractivity contribution in [3.05, 3.63) is 46.8 Å². The van der Waals surface area contributed by atoms with Crippen LogP contribution in [0.2, 0.25) is 5.02 Å². The first-order valence-corrected chi connectivity index (χ1v) is 5.42. The Hall–Kier alpha value is -0.860. The third kappa shape index (κ3) is 2.21. The molecule has 0 saturated heterocycles. The van der Waals surface area contributed by atoms with Gasteiger partial charge in [-0.1, -0.05) is 29.8 Å². The second-order valence-electron chi connectivity index (χ2n) is 3.88. The number of hydrogen-bond donors (Lipinski definition) is 1. The van der Waals surface area contributed by atoms with Gasteiger partial charge in [-0.15, -0.1) is 0 Å². The lowest BCUT2D eigenvalue weighted by atomic mass is 9.84. The molecule has 15 heavy (non-hydrogen) atoms. The average Bonchev–Trinajstić information content (AvgIpc) is 2.20. The number of benzene rings is 1. The van der Waals surface area contributed by atoms with E-state index in [1.54, 1.807) is 6.07 Å². The fourth-order valence-electron chi connectivity index (χ4n) is 2.00. The highest BCUT2D eigenvalue weighted by atomic mass is 35.5. The van der Waals surface area contributed by atoms with E-state index in [1.807, 2.05) is 0 Å². The van der Waals surface area contributed by atoms with Crippen molar-refractivity contribution in [3.63, 3.8) is 0 Å². The van der Waals surface area contributed by atoms with E-state index in [9.17, 15) is 4.39 Å². The van der Waals surface area contributed by atoms with Gasteiger partial charge in [-0.05, 0) is 30.5 Å². The van der Waals surface area contributed by atoms with Crippen LogP contribution in [-0.4, -0.2) is 6.04 Å². The molecule has 3 heteroatoms. The summed E-state index contributed by atoms with van der Waals surface area (Å²) >= 11 is 6.01. The summed E-state index contributed by atoms with van der Waals surface area (Å²) in [4.78, 5) is 0. The molecule has 2 rings (SSSR count). The van der Waals surface area contributed by atoms with Gasteiger partial charge in [0.2, 0.25) is 0 Å². The van der Waals surface area contributed by atoms with Gasteiger partial charge < -0.3 is 5.73 Å². The van der Waals surface area contributed by atoms with E-state index in [0.717, 1.165) is 18.4 Å². The molecule has 0 fully saturated rings. The molecule has 0 radical (unpaired) electrons. The summed E-state index contributed by atoms with van der Waals surface area (Å²) in [6.07, 6.45) is 5.93. The maximum absolute atomic E-state index is 12.9. The Kier molecular flexibility index (Phi) is 3.08. The second kappa shape index (κ2) is 4.33. The Morgan fingerprint density at radius 2 is 2.00 bits per heavy atom. The number of nitrogens with two attached hydrogens (primary N) is 1. The summed E-state index contributed by atoms with van der Waals surface area (Å²) < 4.78 is 12.9. The van der Waals surface area contributed by atoms with Crippen molar-refractivity contribution < 1.29 is 4.39 Å². The van der Waals surface area contributed by atoms with Crippen molar-refractivity contribution in [1.82, 2.24) is 0 Å². The average molecular weight is 226 g/mol. The minimum absolute atomic E-state index is 0.0814. The minimum Gasteiger partial charge on any atom is -0.327 e. The van der Waals surface area contributed by atoms with Crippen LogP contribution in [-0.2, 0) is 0 Å². The summed E-state index contributed by atoms with van der Waals surface area (Å²) in [5.41, 5.74) is 6.97. The van der Waals surface area contributed by atoms with Gasteiger partial charge >= 0.3 is 0 Å². The predicted molar refractivity (Wildman–Crippen MR) is 60.5 cm³/mol. The maximum Gasteiger partial charge on any atom is 0.124 e. The van der Waals surface area contributed by atoms with Crippen molar-refractivity contribution in [2.24, 2.45) is 5.73 Å². The quantitative estimate of drug-likeness (QED) is 0.730. The van der Waals surface area contributed by atoms with Crippen LogP contribution in [0.4, 0.5) is 4.39 Å². The smallest absolute Gasteiger partial charge is 0.124 e. The third-order valence-electron chi connectivity index (χ3n) is 2.84. The predicted octanol–water partition coefficient (Wildman–Crippen LogP) is 3.24. The largest absolute Gasteiger partial charge is 0.327 e. The SMILES string of the molecule is N[C@H]1CC=CC[C@@H]1c1ccc(F)cc1Cl. The van der Waals surface area contributed by atoms with Crippen LogP contribution >= 0.6 is 11.6 Å². The van der Waals surface area contributed by atoms with Gasteiger partial charge in [0.25, 0.3) is 0 Å². The van der Waals surface area contributed by atoms with Gasteiger partial charge in [0.05, 0.1) is 0 Å². The second-order valence-corrected chi connectivity index (χ2v) is 4.29. The topological polar surface area (TPSA) is 26.0 Å². The molecular formula is C12H13ClFN. The first-order valence-electron chi connectivity index (χ1n) is 5.04. The first-order chi connectivity index (χ1) is 7.18. The molecular weight excluding hydrogens is 213 g/mol. The van der Waals surface area contributed by atoms with E-state index >= 15 is 0 Å². The molecule has 1 nitrogen and oxygen atoms in total.